The lowest BCUT2D eigenvalue weighted by Gasteiger charge is -2.20. The minimum atomic E-state index is -1.11. The number of anilines is 1. The third-order valence-electron chi connectivity index (χ3n) is 2.25. The van der Waals surface area contributed by atoms with Gasteiger partial charge in [-0.05, 0) is 32.0 Å². The van der Waals surface area contributed by atoms with Crippen molar-refractivity contribution < 1.29 is 14.7 Å². The van der Waals surface area contributed by atoms with Crippen LogP contribution >= 0.6 is 11.6 Å². The highest BCUT2D eigenvalue weighted by atomic mass is 35.5. The fourth-order valence-electron chi connectivity index (χ4n) is 1.23. The standard InChI is InChI=1S/C13H13ClN2O3/c1-4-13(2,3)16-12(19)15-10-7-8(11(17)18)5-6-9(10)14/h1,5-7H,2-3H3,(H,17,18)(H2,15,16,19). The molecule has 0 bridgehead atoms. The van der Waals surface area contributed by atoms with Crippen molar-refractivity contribution in [3.63, 3.8) is 0 Å². The number of carbonyl (C=O) groups excluding carboxylic acids is 1. The maximum atomic E-state index is 11.7. The number of carboxylic acids is 1. The molecule has 3 N–H and O–H groups in total. The summed E-state index contributed by atoms with van der Waals surface area (Å²) in [6, 6.07) is 3.45. The predicted molar refractivity (Wildman–Crippen MR) is 73.5 cm³/mol. The van der Waals surface area contributed by atoms with E-state index in [9.17, 15) is 9.59 Å². The molecular weight excluding hydrogens is 268 g/mol. The van der Waals surface area contributed by atoms with Crippen molar-refractivity contribution in [1.29, 1.82) is 0 Å². The van der Waals surface area contributed by atoms with E-state index in [0.717, 1.165) is 0 Å². The molecule has 1 aromatic carbocycles. The molecule has 0 aliphatic heterocycles. The number of nitrogens with one attached hydrogen (secondary N) is 2. The number of benzene rings is 1. The van der Waals surface area contributed by atoms with Crippen LogP contribution in [0.4, 0.5) is 10.5 Å². The van der Waals surface area contributed by atoms with Crippen molar-refractivity contribution in [1.82, 2.24) is 5.32 Å². The second kappa shape index (κ2) is 5.63. The zero-order valence-corrected chi connectivity index (χ0v) is 11.2. The second-order valence-electron chi connectivity index (χ2n) is 4.35. The maximum Gasteiger partial charge on any atom is 0.335 e. The molecule has 0 atom stereocenters. The number of amides is 2. The number of urea groups is 1. The molecule has 0 aromatic heterocycles. The van der Waals surface area contributed by atoms with E-state index in [0.29, 0.717) is 0 Å². The van der Waals surface area contributed by atoms with Gasteiger partial charge in [0, 0.05) is 0 Å². The Labute approximate surface area is 116 Å². The molecule has 5 nitrogen and oxygen atoms in total. The van der Waals surface area contributed by atoms with Gasteiger partial charge in [-0.1, -0.05) is 17.5 Å². The summed E-state index contributed by atoms with van der Waals surface area (Å²) < 4.78 is 0. The van der Waals surface area contributed by atoms with Crippen molar-refractivity contribution in [3.05, 3.63) is 28.8 Å². The topological polar surface area (TPSA) is 78.4 Å². The van der Waals surface area contributed by atoms with E-state index in [1.807, 2.05) is 0 Å². The van der Waals surface area contributed by atoms with E-state index in [4.69, 9.17) is 23.1 Å². The third-order valence-corrected chi connectivity index (χ3v) is 2.58. The Morgan fingerprint density at radius 2 is 2.05 bits per heavy atom. The van der Waals surface area contributed by atoms with Crippen LogP contribution in [0.1, 0.15) is 24.2 Å². The first kappa shape index (κ1) is 14.9. The summed E-state index contributed by atoms with van der Waals surface area (Å²) in [6.07, 6.45) is 5.25. The van der Waals surface area contributed by atoms with Crippen LogP contribution in [0.5, 0.6) is 0 Å². The van der Waals surface area contributed by atoms with Gasteiger partial charge >= 0.3 is 12.0 Å². The Balaban J connectivity index is 2.88. The molecule has 1 rings (SSSR count). The summed E-state index contributed by atoms with van der Waals surface area (Å²) in [7, 11) is 0. The van der Waals surface area contributed by atoms with Crippen LogP contribution < -0.4 is 10.6 Å². The lowest BCUT2D eigenvalue weighted by molar-refractivity contribution is 0.0697. The number of carbonyl (C=O) groups is 2. The first-order valence-electron chi connectivity index (χ1n) is 5.35. The van der Waals surface area contributed by atoms with Crippen LogP contribution in [0.2, 0.25) is 5.02 Å². The summed E-state index contributed by atoms with van der Waals surface area (Å²) >= 11 is 5.87. The normalized spacial score (nSPS) is 10.4. The molecule has 0 saturated carbocycles. The van der Waals surface area contributed by atoms with Gasteiger partial charge in [-0.2, -0.15) is 0 Å². The van der Waals surface area contributed by atoms with Gasteiger partial charge in [0.1, 0.15) is 0 Å². The molecule has 0 aliphatic rings. The molecule has 100 valence electrons. The first-order valence-corrected chi connectivity index (χ1v) is 5.73. The van der Waals surface area contributed by atoms with Crippen LogP contribution in [0, 0.1) is 12.3 Å². The highest BCUT2D eigenvalue weighted by Gasteiger charge is 2.18. The van der Waals surface area contributed by atoms with E-state index in [1.54, 1.807) is 13.8 Å². The van der Waals surface area contributed by atoms with Gasteiger partial charge in [0.2, 0.25) is 0 Å². The monoisotopic (exact) mass is 280 g/mol. The molecule has 1 aromatic rings. The van der Waals surface area contributed by atoms with Gasteiger partial charge in [-0.25, -0.2) is 9.59 Å². The molecule has 19 heavy (non-hydrogen) atoms. The molecule has 2 amide bonds. The summed E-state index contributed by atoms with van der Waals surface area (Å²) in [5.41, 5.74) is -0.594. The van der Waals surface area contributed by atoms with E-state index in [-0.39, 0.29) is 16.3 Å². The molecule has 0 radical (unpaired) electrons. The summed E-state index contributed by atoms with van der Waals surface area (Å²) in [5.74, 6) is 1.30. The summed E-state index contributed by atoms with van der Waals surface area (Å²) in [6.45, 7) is 3.31. The number of rotatable bonds is 3. The fourth-order valence-corrected chi connectivity index (χ4v) is 1.39. The quantitative estimate of drug-likeness (QED) is 0.745. The number of halogens is 1. The average molecular weight is 281 g/mol. The van der Waals surface area contributed by atoms with Crippen molar-refractivity contribution in [2.24, 2.45) is 0 Å². The lowest BCUT2D eigenvalue weighted by atomic mass is 10.1. The van der Waals surface area contributed by atoms with Gasteiger partial charge in [0.05, 0.1) is 21.8 Å². The lowest BCUT2D eigenvalue weighted by Crippen LogP contribution is -2.44. The number of terminal acetylenes is 1. The van der Waals surface area contributed by atoms with Crippen LogP contribution in [0.3, 0.4) is 0 Å². The third kappa shape index (κ3) is 4.19. The van der Waals surface area contributed by atoms with Crippen LogP contribution in [0.25, 0.3) is 0 Å². The minimum Gasteiger partial charge on any atom is -0.478 e. The molecule has 6 heteroatoms. The molecule has 0 spiro atoms. The zero-order chi connectivity index (χ0) is 14.6. The van der Waals surface area contributed by atoms with E-state index >= 15 is 0 Å². The van der Waals surface area contributed by atoms with E-state index in [2.05, 4.69) is 16.6 Å². The molecule has 0 fully saturated rings. The summed E-state index contributed by atoms with van der Waals surface area (Å²) in [4.78, 5) is 22.5. The van der Waals surface area contributed by atoms with Crippen molar-refractivity contribution in [2.45, 2.75) is 19.4 Å². The second-order valence-corrected chi connectivity index (χ2v) is 4.76. The molecule has 0 unspecified atom stereocenters. The van der Waals surface area contributed by atoms with Crippen molar-refractivity contribution in [2.75, 3.05) is 5.32 Å². The highest BCUT2D eigenvalue weighted by molar-refractivity contribution is 6.33. The molecule has 0 saturated heterocycles. The smallest absolute Gasteiger partial charge is 0.335 e. The Morgan fingerprint density at radius 3 is 2.58 bits per heavy atom. The maximum absolute atomic E-state index is 11.7. The Bertz CT molecular complexity index is 561. The number of aromatic carboxylic acids is 1. The first-order chi connectivity index (χ1) is 8.75. The highest BCUT2D eigenvalue weighted by Crippen LogP contribution is 2.23. The molecular formula is C13H13ClN2O3. The van der Waals surface area contributed by atoms with Gasteiger partial charge < -0.3 is 15.7 Å². The Kier molecular flexibility index (Phi) is 4.41. The zero-order valence-electron chi connectivity index (χ0n) is 10.5. The SMILES string of the molecule is C#CC(C)(C)NC(=O)Nc1cc(C(=O)O)ccc1Cl. The Morgan fingerprint density at radius 1 is 1.42 bits per heavy atom. The summed E-state index contributed by atoms with van der Waals surface area (Å²) in [5, 5.41) is 14.1. The molecule has 0 aliphatic carbocycles. The van der Waals surface area contributed by atoms with Crippen molar-refractivity contribution in [3.8, 4) is 12.3 Å². The predicted octanol–water partition coefficient (Wildman–Crippen LogP) is 2.57. The molecule has 0 heterocycles. The van der Waals surface area contributed by atoms with Gasteiger partial charge in [-0.3, -0.25) is 0 Å². The number of hydrogen-bond acceptors (Lipinski definition) is 2. The average Bonchev–Trinajstić information content (AvgIpc) is 2.31. The van der Waals surface area contributed by atoms with Crippen LogP contribution in [-0.2, 0) is 0 Å². The van der Waals surface area contributed by atoms with E-state index in [1.165, 1.54) is 18.2 Å². The van der Waals surface area contributed by atoms with Crippen molar-refractivity contribution >= 4 is 29.3 Å². The van der Waals surface area contributed by atoms with Crippen LogP contribution in [0.15, 0.2) is 18.2 Å². The Hall–Kier alpha value is -2.19. The largest absolute Gasteiger partial charge is 0.478 e. The minimum absolute atomic E-state index is 0.0240. The van der Waals surface area contributed by atoms with E-state index < -0.39 is 17.5 Å². The number of carboxylic acid groups (broad SMARTS) is 1. The van der Waals surface area contributed by atoms with Gasteiger partial charge in [0.15, 0.2) is 0 Å². The van der Waals surface area contributed by atoms with Gasteiger partial charge in [-0.15, -0.1) is 6.42 Å². The fraction of sp³-hybridized carbons (Fsp3) is 0.231. The van der Waals surface area contributed by atoms with Crippen LogP contribution in [-0.4, -0.2) is 22.6 Å². The number of hydrogen-bond donors (Lipinski definition) is 3. The van der Waals surface area contributed by atoms with Gasteiger partial charge in [0.25, 0.3) is 0 Å².